The maximum Gasteiger partial charge on any atom is 0.257 e. The van der Waals surface area contributed by atoms with E-state index in [2.05, 4.69) is 5.32 Å². The average Bonchev–Trinajstić information content (AvgIpc) is 2.75. The number of nitriles is 1. The summed E-state index contributed by atoms with van der Waals surface area (Å²) in [7, 11) is 0. The van der Waals surface area contributed by atoms with Gasteiger partial charge in [0.25, 0.3) is 11.5 Å². The van der Waals surface area contributed by atoms with Crippen LogP contribution in [0.25, 0.3) is 10.8 Å². The van der Waals surface area contributed by atoms with E-state index < -0.39 is 5.91 Å². The van der Waals surface area contributed by atoms with E-state index in [0.29, 0.717) is 28.4 Å². The number of nitrogens with zero attached hydrogens (tertiary/aromatic N) is 2. The third-order valence-corrected chi connectivity index (χ3v) is 5.05. The summed E-state index contributed by atoms with van der Waals surface area (Å²) in [4.78, 5) is 25.2. The van der Waals surface area contributed by atoms with E-state index in [1.807, 2.05) is 48.5 Å². The Morgan fingerprint density at radius 1 is 1.03 bits per heavy atom. The summed E-state index contributed by atoms with van der Waals surface area (Å²) < 4.78 is 1.50. The van der Waals surface area contributed by atoms with Crippen LogP contribution in [-0.4, -0.2) is 10.5 Å². The summed E-state index contributed by atoms with van der Waals surface area (Å²) in [6.07, 6.45) is 1.52. The summed E-state index contributed by atoms with van der Waals surface area (Å²) in [6, 6.07) is 23.4. The van der Waals surface area contributed by atoms with Gasteiger partial charge in [0.1, 0.15) is 6.07 Å². The van der Waals surface area contributed by atoms with Gasteiger partial charge >= 0.3 is 0 Å². The molecule has 4 aromatic rings. The molecule has 0 radical (unpaired) electrons. The van der Waals surface area contributed by atoms with E-state index >= 15 is 0 Å². The van der Waals surface area contributed by atoms with Gasteiger partial charge in [-0.25, -0.2) is 0 Å². The Hall–Kier alpha value is -3.88. The van der Waals surface area contributed by atoms with Gasteiger partial charge in [0.05, 0.1) is 23.4 Å². The fraction of sp³-hybridized carbons (Fsp3) is 0.0417. The maximum absolute atomic E-state index is 12.7. The first-order valence-corrected chi connectivity index (χ1v) is 9.61. The summed E-state index contributed by atoms with van der Waals surface area (Å²) in [5, 5.41) is 14.5. The van der Waals surface area contributed by atoms with E-state index in [1.54, 1.807) is 12.1 Å². The second-order valence-electron chi connectivity index (χ2n) is 6.78. The minimum absolute atomic E-state index is 0.208. The van der Waals surface area contributed by atoms with Gasteiger partial charge in [-0.1, -0.05) is 54.1 Å². The fourth-order valence-corrected chi connectivity index (χ4v) is 3.49. The van der Waals surface area contributed by atoms with Crippen molar-refractivity contribution in [1.29, 1.82) is 5.26 Å². The summed E-state index contributed by atoms with van der Waals surface area (Å²) >= 11 is 5.98. The normalized spacial score (nSPS) is 10.5. The Balaban J connectivity index is 1.65. The number of pyridine rings is 1. The largest absolute Gasteiger partial charge is 0.321 e. The molecule has 1 heterocycles. The molecular weight excluding hydrogens is 398 g/mol. The van der Waals surface area contributed by atoms with Crippen molar-refractivity contribution in [2.75, 3.05) is 5.32 Å². The molecule has 1 aromatic heterocycles. The molecular formula is C24H16ClN3O2. The molecule has 0 saturated heterocycles. The molecule has 0 fully saturated rings. The van der Waals surface area contributed by atoms with E-state index in [-0.39, 0.29) is 5.56 Å². The predicted octanol–water partition coefficient (Wildman–Crippen LogP) is 4.83. The Kier molecular flexibility index (Phi) is 5.34. The highest BCUT2D eigenvalue weighted by Gasteiger charge is 2.12. The van der Waals surface area contributed by atoms with Gasteiger partial charge in [-0.15, -0.1) is 0 Å². The van der Waals surface area contributed by atoms with Crippen LogP contribution in [0.4, 0.5) is 5.69 Å². The van der Waals surface area contributed by atoms with Gasteiger partial charge in [0.2, 0.25) is 0 Å². The first-order chi connectivity index (χ1) is 14.5. The molecule has 4 rings (SSSR count). The zero-order valence-corrected chi connectivity index (χ0v) is 16.6. The molecule has 1 N–H and O–H groups in total. The molecule has 0 aliphatic rings. The zero-order valence-electron chi connectivity index (χ0n) is 15.8. The van der Waals surface area contributed by atoms with Gasteiger partial charge in [0, 0.05) is 17.3 Å². The standard InChI is InChI=1S/C24H16ClN3O2/c25-20-10-8-17(13-26)22(12-20)27-24(30)19-9-11-23(29)28(15-19)14-18-6-3-5-16-4-1-2-7-21(16)18/h1-12,15H,14H2,(H,27,30). The third kappa shape index (κ3) is 3.95. The lowest BCUT2D eigenvalue weighted by molar-refractivity contribution is 0.102. The Labute approximate surface area is 177 Å². The number of amides is 1. The van der Waals surface area contributed by atoms with Crippen LogP contribution in [0.3, 0.4) is 0 Å². The quantitative estimate of drug-likeness (QED) is 0.520. The van der Waals surface area contributed by atoms with Crippen LogP contribution in [0.2, 0.25) is 5.02 Å². The lowest BCUT2D eigenvalue weighted by Crippen LogP contribution is -2.22. The highest BCUT2D eigenvalue weighted by atomic mass is 35.5. The van der Waals surface area contributed by atoms with Crippen LogP contribution in [0, 0.1) is 11.3 Å². The van der Waals surface area contributed by atoms with Gasteiger partial charge in [0.15, 0.2) is 0 Å². The van der Waals surface area contributed by atoms with Gasteiger partial charge in [-0.2, -0.15) is 5.26 Å². The molecule has 0 atom stereocenters. The Morgan fingerprint density at radius 3 is 2.67 bits per heavy atom. The fourth-order valence-electron chi connectivity index (χ4n) is 3.31. The van der Waals surface area contributed by atoms with Crippen LogP contribution in [0.15, 0.2) is 83.8 Å². The summed E-state index contributed by atoms with van der Waals surface area (Å²) in [5.41, 5.74) is 1.70. The molecule has 0 aliphatic carbocycles. The monoisotopic (exact) mass is 413 g/mol. The third-order valence-electron chi connectivity index (χ3n) is 4.82. The van der Waals surface area contributed by atoms with E-state index in [1.165, 1.54) is 29.0 Å². The van der Waals surface area contributed by atoms with Crippen LogP contribution < -0.4 is 10.9 Å². The maximum atomic E-state index is 12.7. The molecule has 0 saturated carbocycles. The number of rotatable bonds is 4. The van der Waals surface area contributed by atoms with Crippen molar-refractivity contribution in [3.63, 3.8) is 0 Å². The van der Waals surface area contributed by atoms with Gasteiger partial charge in [-0.3, -0.25) is 9.59 Å². The molecule has 146 valence electrons. The smallest absolute Gasteiger partial charge is 0.257 e. The van der Waals surface area contributed by atoms with Crippen molar-refractivity contribution in [2.45, 2.75) is 6.54 Å². The Bertz CT molecular complexity index is 1360. The average molecular weight is 414 g/mol. The predicted molar refractivity (Wildman–Crippen MR) is 118 cm³/mol. The summed E-state index contributed by atoms with van der Waals surface area (Å²) in [6.45, 7) is 0.335. The number of carbonyl (C=O) groups excluding carboxylic acids is 1. The van der Waals surface area contributed by atoms with Crippen LogP contribution in [0.5, 0.6) is 0 Å². The van der Waals surface area contributed by atoms with Crippen molar-refractivity contribution >= 4 is 34.0 Å². The first-order valence-electron chi connectivity index (χ1n) is 9.23. The highest BCUT2D eigenvalue weighted by molar-refractivity contribution is 6.31. The van der Waals surface area contributed by atoms with Crippen molar-refractivity contribution < 1.29 is 4.79 Å². The van der Waals surface area contributed by atoms with Crippen molar-refractivity contribution in [3.05, 3.63) is 111 Å². The number of nitrogens with one attached hydrogen (secondary N) is 1. The Morgan fingerprint density at radius 2 is 1.83 bits per heavy atom. The molecule has 0 spiro atoms. The topological polar surface area (TPSA) is 74.9 Å². The van der Waals surface area contributed by atoms with E-state index in [4.69, 9.17) is 11.6 Å². The minimum atomic E-state index is -0.430. The SMILES string of the molecule is N#Cc1ccc(Cl)cc1NC(=O)c1ccc(=O)n(Cc2cccc3ccccc23)c1. The van der Waals surface area contributed by atoms with E-state index in [9.17, 15) is 14.9 Å². The molecule has 3 aromatic carbocycles. The van der Waals surface area contributed by atoms with Gasteiger partial charge < -0.3 is 9.88 Å². The molecule has 5 nitrogen and oxygen atoms in total. The zero-order chi connectivity index (χ0) is 21.1. The molecule has 0 unspecified atom stereocenters. The van der Waals surface area contributed by atoms with Crippen LogP contribution in [0.1, 0.15) is 21.5 Å². The molecule has 30 heavy (non-hydrogen) atoms. The number of benzene rings is 3. The molecule has 6 heteroatoms. The number of hydrogen-bond donors (Lipinski definition) is 1. The van der Waals surface area contributed by atoms with Crippen LogP contribution >= 0.6 is 11.6 Å². The first kappa shape index (κ1) is 19.4. The van der Waals surface area contributed by atoms with Gasteiger partial charge in [-0.05, 0) is 40.6 Å². The number of aromatic nitrogens is 1. The second kappa shape index (κ2) is 8.24. The lowest BCUT2D eigenvalue weighted by Gasteiger charge is -2.12. The molecule has 1 amide bonds. The summed E-state index contributed by atoms with van der Waals surface area (Å²) in [5.74, 6) is -0.430. The molecule has 0 aliphatic heterocycles. The number of fused-ring (bicyclic) bond motifs is 1. The number of carbonyl (C=O) groups is 1. The van der Waals surface area contributed by atoms with Crippen molar-refractivity contribution in [2.24, 2.45) is 0 Å². The number of halogens is 1. The van der Waals surface area contributed by atoms with E-state index in [0.717, 1.165) is 16.3 Å². The van der Waals surface area contributed by atoms with Crippen molar-refractivity contribution in [1.82, 2.24) is 4.57 Å². The van der Waals surface area contributed by atoms with Crippen molar-refractivity contribution in [3.8, 4) is 6.07 Å². The number of hydrogen-bond acceptors (Lipinski definition) is 3. The second-order valence-corrected chi connectivity index (χ2v) is 7.21. The lowest BCUT2D eigenvalue weighted by atomic mass is 10.0. The minimum Gasteiger partial charge on any atom is -0.321 e. The number of anilines is 1. The highest BCUT2D eigenvalue weighted by Crippen LogP contribution is 2.22. The van der Waals surface area contributed by atoms with Crippen LogP contribution in [-0.2, 0) is 6.54 Å². The molecule has 0 bridgehead atoms.